The zero-order valence-corrected chi connectivity index (χ0v) is 9.49. The first-order valence-electron chi connectivity index (χ1n) is 4.68. The van der Waals surface area contributed by atoms with E-state index in [0.29, 0.717) is 5.56 Å². The summed E-state index contributed by atoms with van der Waals surface area (Å²) in [6, 6.07) is 2.67. The van der Waals surface area contributed by atoms with Gasteiger partial charge in [0.2, 0.25) is 5.75 Å². The molecule has 0 bridgehead atoms. The van der Waals surface area contributed by atoms with Gasteiger partial charge in [0, 0.05) is 6.07 Å². The van der Waals surface area contributed by atoms with Gasteiger partial charge in [-0.3, -0.25) is 10.1 Å². The van der Waals surface area contributed by atoms with Crippen molar-refractivity contribution >= 4 is 17.3 Å². The Morgan fingerprint density at radius 3 is 2.75 bits per heavy atom. The summed E-state index contributed by atoms with van der Waals surface area (Å²) in [4.78, 5) is 10.2. The molecular formula is C10H10ClNO4. The number of halogens is 1. The van der Waals surface area contributed by atoms with Gasteiger partial charge in [-0.25, -0.2) is 0 Å². The van der Waals surface area contributed by atoms with Crippen LogP contribution in [-0.2, 0) is 0 Å². The molecule has 0 aromatic heterocycles. The predicted molar refractivity (Wildman–Crippen MR) is 57.8 cm³/mol. The van der Waals surface area contributed by atoms with Gasteiger partial charge in [-0.1, -0.05) is 11.6 Å². The molecule has 6 heteroatoms. The number of aliphatic hydroxyl groups is 1. The molecule has 2 rings (SSSR count). The second-order valence-electron chi connectivity index (χ2n) is 4.17. The van der Waals surface area contributed by atoms with Crippen molar-refractivity contribution in [2.75, 3.05) is 0 Å². The SMILES string of the molecule is CC1(C)Oc2c([N+](=O)[O-])ccc(Cl)c2C1O. The van der Waals surface area contributed by atoms with Crippen LogP contribution in [0, 0.1) is 10.1 Å². The van der Waals surface area contributed by atoms with Crippen LogP contribution < -0.4 is 4.74 Å². The minimum absolute atomic E-state index is 0.0648. The smallest absolute Gasteiger partial charge is 0.311 e. The van der Waals surface area contributed by atoms with Crippen molar-refractivity contribution in [3.05, 3.63) is 32.8 Å². The molecule has 0 fully saturated rings. The highest BCUT2D eigenvalue weighted by molar-refractivity contribution is 6.31. The highest BCUT2D eigenvalue weighted by Crippen LogP contribution is 2.50. The van der Waals surface area contributed by atoms with Crippen LogP contribution in [0.15, 0.2) is 12.1 Å². The number of nitrogens with zero attached hydrogens (tertiary/aromatic N) is 1. The van der Waals surface area contributed by atoms with Crippen molar-refractivity contribution in [2.45, 2.75) is 25.6 Å². The summed E-state index contributed by atoms with van der Waals surface area (Å²) in [5.74, 6) is 0.0648. The zero-order valence-electron chi connectivity index (χ0n) is 8.73. The van der Waals surface area contributed by atoms with Crippen molar-refractivity contribution in [1.82, 2.24) is 0 Å². The average Bonchev–Trinajstić information content (AvgIpc) is 2.38. The third-order valence-corrected chi connectivity index (χ3v) is 2.95. The molecule has 1 unspecified atom stereocenters. The quantitative estimate of drug-likeness (QED) is 0.607. The molecule has 1 aliphatic heterocycles. The summed E-state index contributed by atoms with van der Waals surface area (Å²) in [7, 11) is 0. The first kappa shape index (κ1) is 11.2. The molecule has 1 atom stereocenters. The van der Waals surface area contributed by atoms with E-state index < -0.39 is 16.6 Å². The van der Waals surface area contributed by atoms with E-state index in [0.717, 1.165) is 0 Å². The minimum Gasteiger partial charge on any atom is -0.477 e. The molecular weight excluding hydrogens is 234 g/mol. The number of fused-ring (bicyclic) bond motifs is 1. The van der Waals surface area contributed by atoms with Crippen LogP contribution in [0.2, 0.25) is 5.02 Å². The molecule has 1 aliphatic rings. The Balaban J connectivity index is 2.67. The molecule has 0 spiro atoms. The Bertz CT molecular complexity index is 472. The number of aliphatic hydroxyl groups excluding tert-OH is 1. The molecule has 1 aromatic rings. The van der Waals surface area contributed by atoms with Gasteiger partial charge < -0.3 is 9.84 Å². The summed E-state index contributed by atoms with van der Waals surface area (Å²) in [6.45, 7) is 3.30. The van der Waals surface area contributed by atoms with E-state index in [9.17, 15) is 15.2 Å². The van der Waals surface area contributed by atoms with Gasteiger partial charge in [-0.05, 0) is 19.9 Å². The molecule has 0 saturated heterocycles. The fraction of sp³-hybridized carbons (Fsp3) is 0.400. The second-order valence-corrected chi connectivity index (χ2v) is 4.58. The van der Waals surface area contributed by atoms with Crippen molar-refractivity contribution in [3.63, 3.8) is 0 Å². The summed E-state index contributed by atoms with van der Waals surface area (Å²) < 4.78 is 5.40. The number of hydrogen-bond donors (Lipinski definition) is 1. The zero-order chi connectivity index (χ0) is 12.1. The van der Waals surface area contributed by atoms with Crippen LogP contribution in [-0.4, -0.2) is 15.6 Å². The maximum Gasteiger partial charge on any atom is 0.311 e. The lowest BCUT2D eigenvalue weighted by atomic mass is 9.97. The lowest BCUT2D eigenvalue weighted by Gasteiger charge is -2.21. The molecule has 0 amide bonds. The van der Waals surface area contributed by atoms with Crippen LogP contribution in [0.25, 0.3) is 0 Å². The molecule has 0 aliphatic carbocycles. The Morgan fingerprint density at radius 2 is 2.19 bits per heavy atom. The van der Waals surface area contributed by atoms with Crippen molar-refractivity contribution in [2.24, 2.45) is 0 Å². The van der Waals surface area contributed by atoms with E-state index in [1.807, 2.05) is 0 Å². The lowest BCUT2D eigenvalue weighted by molar-refractivity contribution is -0.386. The van der Waals surface area contributed by atoms with E-state index in [-0.39, 0.29) is 16.5 Å². The minimum atomic E-state index is -0.963. The highest BCUT2D eigenvalue weighted by Gasteiger charge is 2.45. The van der Waals surface area contributed by atoms with Crippen LogP contribution in [0.1, 0.15) is 25.5 Å². The monoisotopic (exact) mass is 243 g/mol. The average molecular weight is 244 g/mol. The standard InChI is InChI=1S/C10H10ClNO4/c1-10(2)9(13)7-5(11)3-4-6(12(14)15)8(7)16-10/h3-4,9,13H,1-2H3. The second kappa shape index (κ2) is 3.33. The Morgan fingerprint density at radius 1 is 1.56 bits per heavy atom. The molecule has 86 valence electrons. The molecule has 0 saturated carbocycles. The maximum absolute atomic E-state index is 10.8. The first-order valence-corrected chi connectivity index (χ1v) is 5.06. The predicted octanol–water partition coefficient (Wildman–Crippen LogP) is 2.45. The van der Waals surface area contributed by atoms with E-state index in [4.69, 9.17) is 16.3 Å². The molecule has 0 radical (unpaired) electrons. The highest BCUT2D eigenvalue weighted by atomic mass is 35.5. The number of benzene rings is 1. The third-order valence-electron chi connectivity index (χ3n) is 2.62. The van der Waals surface area contributed by atoms with Gasteiger partial charge in [-0.15, -0.1) is 0 Å². The summed E-state index contributed by atoms with van der Waals surface area (Å²) in [6.07, 6.45) is -0.963. The van der Waals surface area contributed by atoms with Crippen LogP contribution in [0.5, 0.6) is 5.75 Å². The van der Waals surface area contributed by atoms with Crippen molar-refractivity contribution in [3.8, 4) is 5.75 Å². The Hall–Kier alpha value is -1.33. The normalized spacial score (nSPS) is 21.4. The number of nitro groups is 1. The summed E-state index contributed by atoms with van der Waals surface area (Å²) in [5, 5.41) is 21.0. The fourth-order valence-electron chi connectivity index (χ4n) is 1.74. The Labute approximate surface area is 96.7 Å². The first-order chi connectivity index (χ1) is 7.34. The number of rotatable bonds is 1. The largest absolute Gasteiger partial charge is 0.477 e. The Kier molecular flexibility index (Phi) is 2.32. The molecule has 1 N–H and O–H groups in total. The van der Waals surface area contributed by atoms with Gasteiger partial charge in [0.25, 0.3) is 0 Å². The maximum atomic E-state index is 10.8. The molecule has 1 aromatic carbocycles. The van der Waals surface area contributed by atoms with Gasteiger partial charge in [-0.2, -0.15) is 0 Å². The van der Waals surface area contributed by atoms with Crippen LogP contribution >= 0.6 is 11.6 Å². The van der Waals surface area contributed by atoms with Crippen LogP contribution in [0.4, 0.5) is 5.69 Å². The van der Waals surface area contributed by atoms with Gasteiger partial charge >= 0.3 is 5.69 Å². The summed E-state index contributed by atoms with van der Waals surface area (Å²) in [5.41, 5.74) is -0.789. The summed E-state index contributed by atoms with van der Waals surface area (Å²) >= 11 is 5.91. The van der Waals surface area contributed by atoms with E-state index in [1.165, 1.54) is 12.1 Å². The number of ether oxygens (including phenoxy) is 1. The molecule has 1 heterocycles. The topological polar surface area (TPSA) is 72.6 Å². The van der Waals surface area contributed by atoms with Crippen molar-refractivity contribution in [1.29, 1.82) is 0 Å². The van der Waals surface area contributed by atoms with Crippen molar-refractivity contribution < 1.29 is 14.8 Å². The van der Waals surface area contributed by atoms with E-state index in [1.54, 1.807) is 13.8 Å². The third kappa shape index (κ3) is 1.44. The van der Waals surface area contributed by atoms with Gasteiger partial charge in [0.05, 0.1) is 15.5 Å². The number of hydrogen-bond acceptors (Lipinski definition) is 4. The van der Waals surface area contributed by atoms with Crippen LogP contribution in [0.3, 0.4) is 0 Å². The number of nitro benzene ring substituents is 1. The molecule has 5 nitrogen and oxygen atoms in total. The van der Waals surface area contributed by atoms with Gasteiger partial charge in [0.15, 0.2) is 0 Å². The van der Waals surface area contributed by atoms with Gasteiger partial charge in [0.1, 0.15) is 11.7 Å². The van der Waals surface area contributed by atoms with E-state index in [2.05, 4.69) is 0 Å². The lowest BCUT2D eigenvalue weighted by Crippen LogP contribution is -2.30. The van der Waals surface area contributed by atoms with E-state index >= 15 is 0 Å². The fourth-order valence-corrected chi connectivity index (χ4v) is 1.99. The molecule has 16 heavy (non-hydrogen) atoms.